The first-order valence-electron chi connectivity index (χ1n) is 13.0. The number of rotatable bonds is 9. The van der Waals surface area contributed by atoms with Crippen molar-refractivity contribution in [1.82, 2.24) is 9.71 Å². The summed E-state index contributed by atoms with van der Waals surface area (Å²) in [7, 11) is 0. The average molecular weight is 512 g/mol. The highest BCUT2D eigenvalue weighted by atomic mass is 32.2. The molecule has 8 heteroatoms. The molecule has 7 nitrogen and oxygen atoms in total. The van der Waals surface area contributed by atoms with Crippen molar-refractivity contribution in [3.8, 4) is 0 Å². The summed E-state index contributed by atoms with van der Waals surface area (Å²) in [6, 6.07) is 11.6. The lowest BCUT2D eigenvalue weighted by Gasteiger charge is -2.34. The van der Waals surface area contributed by atoms with Crippen LogP contribution in [-0.4, -0.2) is 46.8 Å². The Morgan fingerprint density at radius 3 is 2.44 bits per heavy atom. The maximum Gasteiger partial charge on any atom is 0.259 e. The zero-order valence-electron chi connectivity index (χ0n) is 22.3. The summed E-state index contributed by atoms with van der Waals surface area (Å²) >= 11 is 1.56. The Balaban J connectivity index is 1.55. The topological polar surface area (TPSA) is 89.5 Å². The first-order valence-corrected chi connectivity index (χ1v) is 13.8. The Bertz CT molecular complexity index is 1070. The van der Waals surface area contributed by atoms with E-state index in [0.717, 1.165) is 48.1 Å². The molecule has 1 aliphatic carbocycles. The number of nitrogens with zero attached hydrogens (tertiary/aromatic N) is 2. The lowest BCUT2D eigenvalue weighted by molar-refractivity contribution is 0.102. The maximum absolute atomic E-state index is 13.5. The van der Waals surface area contributed by atoms with E-state index in [1.807, 2.05) is 50.2 Å². The van der Waals surface area contributed by atoms with Gasteiger partial charge >= 0.3 is 0 Å². The number of amides is 1. The molecule has 1 saturated heterocycles. The Morgan fingerprint density at radius 2 is 1.81 bits per heavy atom. The van der Waals surface area contributed by atoms with Crippen molar-refractivity contribution in [2.24, 2.45) is 5.41 Å². The monoisotopic (exact) mass is 511 g/mol. The lowest BCUT2D eigenvalue weighted by atomic mass is 9.93. The van der Waals surface area contributed by atoms with Crippen LogP contribution in [0.2, 0.25) is 0 Å². The second-order valence-electron chi connectivity index (χ2n) is 12.0. The summed E-state index contributed by atoms with van der Waals surface area (Å²) < 4.78 is 3.41. The molecule has 0 unspecified atom stereocenters. The van der Waals surface area contributed by atoms with Gasteiger partial charge in [-0.3, -0.25) is 9.52 Å². The number of pyridine rings is 1. The van der Waals surface area contributed by atoms with E-state index < -0.39 is 0 Å². The summed E-state index contributed by atoms with van der Waals surface area (Å²) in [5.74, 6) is 1.29. The minimum atomic E-state index is -0.304. The number of aromatic nitrogens is 1. The minimum Gasteiger partial charge on any atom is -0.396 e. The molecule has 0 bridgehead atoms. The fraction of sp³-hybridized carbons (Fsp3) is 0.571. The number of aliphatic hydroxyl groups excluding tert-OH is 1. The van der Waals surface area contributed by atoms with Crippen molar-refractivity contribution in [3.05, 3.63) is 42.0 Å². The summed E-state index contributed by atoms with van der Waals surface area (Å²) in [5.41, 5.74) is 1.56. The molecular weight excluding hydrogens is 470 g/mol. The van der Waals surface area contributed by atoms with Crippen LogP contribution in [0.4, 0.5) is 17.3 Å². The number of carbonyl (C=O) groups is 1. The Labute approximate surface area is 220 Å². The molecule has 4 rings (SSSR count). The van der Waals surface area contributed by atoms with Gasteiger partial charge in [-0.1, -0.05) is 6.07 Å². The maximum atomic E-state index is 13.5. The third-order valence-corrected chi connectivity index (χ3v) is 8.17. The Kier molecular flexibility index (Phi) is 7.88. The third-order valence-electron chi connectivity index (χ3n) is 6.97. The van der Waals surface area contributed by atoms with E-state index in [4.69, 9.17) is 4.98 Å². The number of anilines is 3. The van der Waals surface area contributed by atoms with Crippen molar-refractivity contribution < 1.29 is 9.90 Å². The van der Waals surface area contributed by atoms with Crippen LogP contribution < -0.4 is 20.3 Å². The van der Waals surface area contributed by atoms with Gasteiger partial charge in [-0.15, -0.1) is 0 Å². The highest BCUT2D eigenvalue weighted by Gasteiger charge is 2.45. The Morgan fingerprint density at radius 1 is 1.08 bits per heavy atom. The van der Waals surface area contributed by atoms with E-state index in [9.17, 15) is 9.90 Å². The van der Waals surface area contributed by atoms with Gasteiger partial charge in [0.15, 0.2) is 0 Å². The highest BCUT2D eigenvalue weighted by molar-refractivity contribution is 7.97. The van der Waals surface area contributed by atoms with E-state index in [2.05, 4.69) is 41.0 Å². The summed E-state index contributed by atoms with van der Waals surface area (Å²) in [4.78, 5) is 21.7. The van der Waals surface area contributed by atoms with Gasteiger partial charge in [0.2, 0.25) is 0 Å². The van der Waals surface area contributed by atoms with Gasteiger partial charge in [0.1, 0.15) is 11.6 Å². The van der Waals surface area contributed by atoms with Crippen molar-refractivity contribution in [2.45, 2.75) is 82.7 Å². The number of carbonyl (C=O) groups excluding carboxylic acids is 1. The van der Waals surface area contributed by atoms with Gasteiger partial charge < -0.3 is 20.6 Å². The molecule has 2 fully saturated rings. The number of nitrogens with one attached hydrogen (secondary N) is 3. The quantitative estimate of drug-likeness (QED) is 0.322. The predicted octanol–water partition coefficient (Wildman–Crippen LogP) is 5.68. The molecular formula is C28H41N5O2S. The zero-order valence-corrected chi connectivity index (χ0v) is 23.1. The normalized spacial score (nSPS) is 17.2. The SMILES string of the molecule is CC(C)(C)NSc1cccc(NC(=O)c2ccc(NC(C)(C)CCO)nc2N2CCC3(CC2)CC3)c1. The van der Waals surface area contributed by atoms with Crippen molar-refractivity contribution in [3.63, 3.8) is 0 Å². The van der Waals surface area contributed by atoms with Gasteiger partial charge in [-0.25, -0.2) is 4.98 Å². The number of aliphatic hydroxyl groups is 1. The molecule has 0 atom stereocenters. The van der Waals surface area contributed by atoms with Gasteiger partial charge in [0, 0.05) is 41.4 Å². The Hall–Kier alpha value is -2.29. The van der Waals surface area contributed by atoms with Crippen LogP contribution in [0.1, 0.15) is 77.1 Å². The van der Waals surface area contributed by atoms with Crippen molar-refractivity contribution >= 4 is 35.2 Å². The van der Waals surface area contributed by atoms with E-state index in [1.54, 1.807) is 11.9 Å². The number of hydrogen-bond acceptors (Lipinski definition) is 7. The predicted molar refractivity (Wildman–Crippen MR) is 150 cm³/mol. The van der Waals surface area contributed by atoms with Gasteiger partial charge in [0.05, 0.1) is 5.56 Å². The molecule has 0 radical (unpaired) electrons. The molecule has 196 valence electrons. The number of benzene rings is 1. The molecule has 2 aliphatic rings. The van der Waals surface area contributed by atoms with Crippen LogP contribution in [0.25, 0.3) is 0 Å². The molecule has 2 aromatic rings. The molecule has 2 heterocycles. The van der Waals surface area contributed by atoms with E-state index >= 15 is 0 Å². The second kappa shape index (κ2) is 10.6. The van der Waals surface area contributed by atoms with E-state index in [0.29, 0.717) is 17.4 Å². The minimum absolute atomic E-state index is 0.0144. The van der Waals surface area contributed by atoms with E-state index in [1.165, 1.54) is 12.8 Å². The smallest absolute Gasteiger partial charge is 0.259 e. The molecule has 1 saturated carbocycles. The van der Waals surface area contributed by atoms with Crippen LogP contribution in [0, 0.1) is 5.41 Å². The molecule has 1 spiro atoms. The largest absolute Gasteiger partial charge is 0.396 e. The summed E-state index contributed by atoms with van der Waals surface area (Å²) in [6.07, 6.45) is 5.58. The molecule has 1 aromatic heterocycles. The van der Waals surface area contributed by atoms with Gasteiger partial charge in [-0.2, -0.15) is 0 Å². The zero-order chi connectivity index (χ0) is 26.0. The first kappa shape index (κ1) is 26.8. The van der Waals surface area contributed by atoms with Gasteiger partial charge in [-0.05, 0) is 114 Å². The second-order valence-corrected chi connectivity index (χ2v) is 12.9. The van der Waals surface area contributed by atoms with E-state index in [-0.39, 0.29) is 23.6 Å². The third kappa shape index (κ3) is 7.14. The fourth-order valence-electron chi connectivity index (χ4n) is 4.54. The van der Waals surface area contributed by atoms with Crippen molar-refractivity contribution in [2.75, 3.05) is 35.2 Å². The van der Waals surface area contributed by atoms with Crippen LogP contribution in [0.15, 0.2) is 41.3 Å². The average Bonchev–Trinajstić information content (AvgIpc) is 3.56. The molecule has 4 N–H and O–H groups in total. The number of piperidine rings is 1. The highest BCUT2D eigenvalue weighted by Crippen LogP contribution is 2.54. The molecule has 1 amide bonds. The molecule has 1 aliphatic heterocycles. The van der Waals surface area contributed by atoms with Crippen LogP contribution in [0.3, 0.4) is 0 Å². The van der Waals surface area contributed by atoms with Crippen LogP contribution in [-0.2, 0) is 0 Å². The van der Waals surface area contributed by atoms with Crippen LogP contribution >= 0.6 is 11.9 Å². The first-order chi connectivity index (χ1) is 17.0. The molecule has 36 heavy (non-hydrogen) atoms. The lowest BCUT2D eigenvalue weighted by Crippen LogP contribution is -2.37. The van der Waals surface area contributed by atoms with Crippen molar-refractivity contribution in [1.29, 1.82) is 0 Å². The fourth-order valence-corrected chi connectivity index (χ4v) is 5.30. The standard InChI is InChI=1S/C28H41N5O2S/c1-26(2,3)32-36-21-8-6-7-20(19-21)29-25(35)22-9-10-23(31-27(4,5)15-18-34)30-24(22)33-16-13-28(11-12-28)14-17-33/h6-10,19,32,34H,11-18H2,1-5H3,(H,29,35)(H,30,31). The van der Waals surface area contributed by atoms with Gasteiger partial charge in [0.25, 0.3) is 5.91 Å². The summed E-state index contributed by atoms with van der Waals surface area (Å²) in [6.45, 7) is 12.4. The summed E-state index contributed by atoms with van der Waals surface area (Å²) in [5, 5.41) is 15.9. The molecule has 1 aromatic carbocycles. The van der Waals surface area contributed by atoms with Crippen LogP contribution in [0.5, 0.6) is 0 Å². The number of hydrogen-bond donors (Lipinski definition) is 4.